The molecule has 2 aromatic carbocycles. The van der Waals surface area contributed by atoms with Crippen LogP contribution in [0.25, 0.3) is 11.6 Å². The highest BCUT2D eigenvalue weighted by Crippen LogP contribution is 2.39. The monoisotopic (exact) mass is 411 g/mol. The summed E-state index contributed by atoms with van der Waals surface area (Å²) in [7, 11) is 0. The average Bonchev–Trinajstić information content (AvgIpc) is 2.87. The molecule has 0 saturated carbocycles. The van der Waals surface area contributed by atoms with Gasteiger partial charge in [-0.15, -0.1) is 0 Å². The number of hydrogen-bond donors (Lipinski definition) is 0. The van der Waals surface area contributed by atoms with Crippen molar-refractivity contribution in [1.82, 2.24) is 0 Å². The van der Waals surface area contributed by atoms with Gasteiger partial charge in [-0.3, -0.25) is 4.79 Å². The molecule has 2 aromatic rings. The van der Waals surface area contributed by atoms with Gasteiger partial charge in [0.2, 0.25) is 0 Å². The molecule has 134 valence electrons. The van der Waals surface area contributed by atoms with Gasteiger partial charge in [0.25, 0.3) is 5.91 Å². The molecule has 0 spiro atoms. The van der Waals surface area contributed by atoms with Crippen LogP contribution in [0, 0.1) is 5.92 Å². The van der Waals surface area contributed by atoms with Gasteiger partial charge in [0.05, 0.1) is 5.69 Å². The summed E-state index contributed by atoms with van der Waals surface area (Å²) in [5.41, 5.74) is 3.50. The molecule has 0 radical (unpaired) electrons. The first-order valence-corrected chi connectivity index (χ1v) is 9.46. The van der Waals surface area contributed by atoms with E-state index in [4.69, 9.17) is 4.74 Å². The molecule has 4 heteroatoms. The van der Waals surface area contributed by atoms with E-state index in [0.29, 0.717) is 24.6 Å². The first-order chi connectivity index (χ1) is 12.5. The smallest absolute Gasteiger partial charge is 0.259 e. The Morgan fingerprint density at radius 3 is 2.73 bits per heavy atom. The quantitative estimate of drug-likeness (QED) is 0.460. The van der Waals surface area contributed by atoms with E-state index in [1.54, 1.807) is 6.08 Å². The topological polar surface area (TPSA) is 29.5 Å². The second kappa shape index (κ2) is 7.92. The molecule has 0 unspecified atom stereocenters. The molecule has 1 heterocycles. The Kier molecular flexibility index (Phi) is 5.62. The summed E-state index contributed by atoms with van der Waals surface area (Å²) in [6.45, 7) is 9.05. The summed E-state index contributed by atoms with van der Waals surface area (Å²) in [6.07, 6.45) is 3.63. The highest BCUT2D eigenvalue weighted by molar-refractivity contribution is 9.10. The number of para-hydroxylation sites is 1. The molecule has 0 saturated heterocycles. The third kappa shape index (κ3) is 3.75. The lowest BCUT2D eigenvalue weighted by Crippen LogP contribution is -2.30. The van der Waals surface area contributed by atoms with Crippen molar-refractivity contribution < 1.29 is 9.53 Å². The Balaban J connectivity index is 2.08. The standard InChI is InChI=1S/C22H22BrNO2/c1-4-11-26-21-10-9-17(23)12-16(21)13-19-18-7-5-6-8-20(18)24(22(19)25)14-15(2)3/h4-10,12-13,15H,1,11,14H2,2-3H3/b19-13-. The van der Waals surface area contributed by atoms with Crippen LogP contribution >= 0.6 is 15.9 Å². The lowest BCUT2D eigenvalue weighted by molar-refractivity contribution is -0.113. The molecule has 0 aromatic heterocycles. The van der Waals surface area contributed by atoms with Crippen molar-refractivity contribution in [2.45, 2.75) is 13.8 Å². The van der Waals surface area contributed by atoms with Crippen LogP contribution in [-0.4, -0.2) is 19.1 Å². The molecular formula is C22H22BrNO2. The molecule has 0 aliphatic carbocycles. The minimum Gasteiger partial charge on any atom is -0.489 e. The SMILES string of the molecule is C=CCOc1ccc(Br)cc1/C=C1\C(=O)N(CC(C)C)c2ccccc21. The molecule has 0 N–H and O–H groups in total. The molecule has 3 rings (SSSR count). The number of halogens is 1. The first kappa shape index (κ1) is 18.5. The number of carbonyl (C=O) groups is 1. The van der Waals surface area contributed by atoms with Gasteiger partial charge >= 0.3 is 0 Å². The lowest BCUT2D eigenvalue weighted by Gasteiger charge is -2.19. The Hall–Kier alpha value is -2.33. The van der Waals surface area contributed by atoms with Crippen LogP contribution < -0.4 is 9.64 Å². The van der Waals surface area contributed by atoms with Crippen molar-refractivity contribution in [2.75, 3.05) is 18.1 Å². The van der Waals surface area contributed by atoms with Gasteiger partial charge in [-0.25, -0.2) is 0 Å². The average molecular weight is 412 g/mol. The lowest BCUT2D eigenvalue weighted by atomic mass is 10.0. The molecule has 0 fully saturated rings. The summed E-state index contributed by atoms with van der Waals surface area (Å²) in [5, 5.41) is 0. The van der Waals surface area contributed by atoms with Gasteiger partial charge in [-0.1, -0.05) is 60.6 Å². The predicted octanol–water partition coefficient (Wildman–Crippen LogP) is 5.56. The summed E-state index contributed by atoms with van der Waals surface area (Å²) in [4.78, 5) is 15.0. The van der Waals surface area contributed by atoms with E-state index >= 15 is 0 Å². The molecule has 1 amide bonds. The molecular weight excluding hydrogens is 390 g/mol. The largest absolute Gasteiger partial charge is 0.489 e. The van der Waals surface area contributed by atoms with E-state index in [0.717, 1.165) is 27.0 Å². The fourth-order valence-corrected chi connectivity index (χ4v) is 3.44. The molecule has 26 heavy (non-hydrogen) atoms. The minimum absolute atomic E-state index is 0.0366. The first-order valence-electron chi connectivity index (χ1n) is 8.67. The third-order valence-corrected chi connectivity index (χ3v) is 4.63. The minimum atomic E-state index is 0.0366. The number of hydrogen-bond acceptors (Lipinski definition) is 2. The van der Waals surface area contributed by atoms with E-state index in [-0.39, 0.29) is 5.91 Å². The molecule has 1 aliphatic heterocycles. The highest BCUT2D eigenvalue weighted by atomic mass is 79.9. The van der Waals surface area contributed by atoms with Crippen LogP contribution in [-0.2, 0) is 4.79 Å². The van der Waals surface area contributed by atoms with Crippen molar-refractivity contribution in [3.05, 3.63) is 70.7 Å². The number of benzene rings is 2. The maximum atomic E-state index is 13.1. The van der Waals surface area contributed by atoms with Gasteiger partial charge in [-0.05, 0) is 36.3 Å². The highest BCUT2D eigenvalue weighted by Gasteiger charge is 2.32. The van der Waals surface area contributed by atoms with Gasteiger partial charge in [0.15, 0.2) is 0 Å². The van der Waals surface area contributed by atoms with Crippen molar-refractivity contribution >= 4 is 39.2 Å². The number of nitrogens with zero attached hydrogens (tertiary/aromatic N) is 1. The number of carbonyl (C=O) groups excluding carboxylic acids is 1. The Labute approximate surface area is 163 Å². The number of anilines is 1. The zero-order valence-corrected chi connectivity index (χ0v) is 16.6. The van der Waals surface area contributed by atoms with E-state index in [9.17, 15) is 4.79 Å². The van der Waals surface area contributed by atoms with Crippen molar-refractivity contribution in [3.8, 4) is 5.75 Å². The van der Waals surface area contributed by atoms with Gasteiger partial charge in [0.1, 0.15) is 12.4 Å². The Morgan fingerprint density at radius 1 is 1.23 bits per heavy atom. The van der Waals surface area contributed by atoms with Crippen molar-refractivity contribution in [3.63, 3.8) is 0 Å². The van der Waals surface area contributed by atoms with E-state index in [1.165, 1.54) is 0 Å². The zero-order chi connectivity index (χ0) is 18.7. The van der Waals surface area contributed by atoms with Crippen molar-refractivity contribution in [2.24, 2.45) is 5.92 Å². The van der Waals surface area contributed by atoms with Crippen LogP contribution in [0.2, 0.25) is 0 Å². The van der Waals surface area contributed by atoms with E-state index in [1.807, 2.05) is 53.4 Å². The van der Waals surface area contributed by atoms with Crippen molar-refractivity contribution in [1.29, 1.82) is 0 Å². The number of ether oxygens (including phenoxy) is 1. The fourth-order valence-electron chi connectivity index (χ4n) is 3.06. The number of rotatable bonds is 6. The second-order valence-electron chi connectivity index (χ2n) is 6.67. The predicted molar refractivity (Wildman–Crippen MR) is 111 cm³/mol. The van der Waals surface area contributed by atoms with Crippen LogP contribution in [0.15, 0.2) is 59.6 Å². The fraction of sp³-hybridized carbons (Fsp3) is 0.227. The zero-order valence-electron chi connectivity index (χ0n) is 15.0. The van der Waals surface area contributed by atoms with Gasteiger partial charge in [0, 0.05) is 27.7 Å². The molecule has 0 atom stereocenters. The Bertz CT molecular complexity index is 870. The normalized spacial score (nSPS) is 14.8. The second-order valence-corrected chi connectivity index (χ2v) is 7.58. The molecule has 0 bridgehead atoms. The molecule has 3 nitrogen and oxygen atoms in total. The maximum Gasteiger partial charge on any atom is 0.259 e. The van der Waals surface area contributed by atoms with Crippen LogP contribution in [0.3, 0.4) is 0 Å². The molecule has 1 aliphatic rings. The summed E-state index contributed by atoms with van der Waals surface area (Å²) in [5.74, 6) is 1.16. The van der Waals surface area contributed by atoms with E-state index in [2.05, 4.69) is 36.4 Å². The summed E-state index contributed by atoms with van der Waals surface area (Å²) < 4.78 is 6.70. The summed E-state index contributed by atoms with van der Waals surface area (Å²) >= 11 is 3.51. The summed E-state index contributed by atoms with van der Waals surface area (Å²) in [6, 6.07) is 13.7. The van der Waals surface area contributed by atoms with Gasteiger partial charge < -0.3 is 9.64 Å². The maximum absolute atomic E-state index is 13.1. The van der Waals surface area contributed by atoms with Crippen LogP contribution in [0.1, 0.15) is 25.0 Å². The van der Waals surface area contributed by atoms with Crippen LogP contribution in [0.5, 0.6) is 5.75 Å². The number of amides is 1. The third-order valence-electron chi connectivity index (χ3n) is 4.14. The van der Waals surface area contributed by atoms with Crippen LogP contribution in [0.4, 0.5) is 5.69 Å². The number of fused-ring (bicyclic) bond motifs is 1. The van der Waals surface area contributed by atoms with E-state index < -0.39 is 0 Å². The Morgan fingerprint density at radius 2 is 2.00 bits per heavy atom. The van der Waals surface area contributed by atoms with Gasteiger partial charge in [-0.2, -0.15) is 0 Å².